The largest absolute Gasteiger partial charge is 0.251 e. The van der Waals surface area contributed by atoms with Gasteiger partial charge in [0.05, 0.1) is 5.75 Å². The zero-order valence-corrected chi connectivity index (χ0v) is 11.9. The third kappa shape index (κ3) is 4.11. The molecule has 0 aliphatic rings. The van der Waals surface area contributed by atoms with Gasteiger partial charge < -0.3 is 0 Å². The van der Waals surface area contributed by atoms with Gasteiger partial charge in [-0.2, -0.15) is 0 Å². The Kier molecular flexibility index (Phi) is 4.49. The molecule has 0 radical (unpaired) electrons. The minimum absolute atomic E-state index is 0.113. The van der Waals surface area contributed by atoms with Gasteiger partial charge in [0.1, 0.15) is 4.21 Å². The summed E-state index contributed by atoms with van der Waals surface area (Å²) in [4.78, 5) is 0. The van der Waals surface area contributed by atoms with Gasteiger partial charge in [0.2, 0.25) is 10.0 Å². The Hall–Kier alpha value is -0.000000000000000111. The molecule has 0 aliphatic carbocycles. The van der Waals surface area contributed by atoms with Crippen LogP contribution in [-0.4, -0.2) is 29.1 Å². The van der Waals surface area contributed by atoms with Crippen LogP contribution < -0.4 is 9.86 Å². The first-order valence-electron chi connectivity index (χ1n) is 3.95. The molecule has 1 heterocycles. The summed E-state index contributed by atoms with van der Waals surface area (Å²) in [5.74, 6) is -0.435. The monoisotopic (exact) mass is 348 g/mol. The molecule has 0 unspecified atom stereocenters. The van der Waals surface area contributed by atoms with E-state index in [9.17, 15) is 16.8 Å². The Morgan fingerprint density at radius 3 is 2.44 bits per heavy atom. The lowest BCUT2D eigenvalue weighted by atomic mass is 10.7. The quantitative estimate of drug-likeness (QED) is 0.785. The molecule has 0 atom stereocenters. The average Bonchev–Trinajstić information content (AvgIpc) is 2.48. The van der Waals surface area contributed by atoms with Crippen molar-refractivity contribution in [2.24, 2.45) is 5.14 Å². The minimum Gasteiger partial charge on any atom is -0.229 e. The predicted octanol–water partition coefficient (Wildman–Crippen LogP) is 0.0774. The molecule has 0 aliphatic heterocycles. The molecule has 3 N–H and O–H groups in total. The van der Waals surface area contributed by atoms with Crippen LogP contribution in [0.4, 0.5) is 0 Å². The van der Waals surface area contributed by atoms with Crippen LogP contribution in [0.25, 0.3) is 0 Å². The van der Waals surface area contributed by atoms with E-state index in [4.69, 9.17) is 5.14 Å². The minimum atomic E-state index is -3.67. The van der Waals surface area contributed by atoms with Crippen molar-refractivity contribution in [2.45, 2.75) is 4.21 Å². The van der Waals surface area contributed by atoms with Crippen molar-refractivity contribution in [3.05, 3.63) is 15.9 Å². The maximum absolute atomic E-state index is 11.6. The van der Waals surface area contributed by atoms with E-state index >= 15 is 0 Å². The summed E-state index contributed by atoms with van der Waals surface area (Å²) in [5.41, 5.74) is 0. The summed E-state index contributed by atoms with van der Waals surface area (Å²) < 4.78 is 47.2. The number of halogens is 1. The van der Waals surface area contributed by atoms with Crippen LogP contribution in [0.15, 0.2) is 20.1 Å². The Balaban J connectivity index is 2.72. The molecule has 0 amide bonds. The first kappa shape index (κ1) is 14.1. The van der Waals surface area contributed by atoms with Crippen LogP contribution >= 0.6 is 27.3 Å². The fraction of sp³-hybridized carbons (Fsp3) is 0.333. The number of rotatable bonds is 5. The number of hydrogen-bond donors (Lipinski definition) is 2. The first-order valence-corrected chi connectivity index (χ1v) is 8.82. The highest BCUT2D eigenvalue weighted by molar-refractivity contribution is 9.10. The van der Waals surface area contributed by atoms with Gasteiger partial charge in [-0.15, -0.1) is 11.3 Å². The molecule has 0 aromatic carbocycles. The van der Waals surface area contributed by atoms with Gasteiger partial charge in [0.25, 0.3) is 10.0 Å². The maximum Gasteiger partial charge on any atom is 0.251 e. The van der Waals surface area contributed by atoms with Crippen LogP contribution in [-0.2, 0) is 20.0 Å². The number of thiophene rings is 1. The van der Waals surface area contributed by atoms with Crippen molar-refractivity contribution < 1.29 is 16.8 Å². The van der Waals surface area contributed by atoms with Crippen LogP contribution in [0.2, 0.25) is 0 Å². The van der Waals surface area contributed by atoms with Gasteiger partial charge in [-0.3, -0.25) is 0 Å². The van der Waals surface area contributed by atoms with Crippen molar-refractivity contribution in [3.8, 4) is 0 Å². The molecular weight excluding hydrogens is 340 g/mol. The van der Waals surface area contributed by atoms with Gasteiger partial charge in [-0.1, -0.05) is 0 Å². The number of sulfonamides is 2. The van der Waals surface area contributed by atoms with E-state index in [0.29, 0.717) is 4.47 Å². The number of nitrogens with two attached hydrogens (primary N) is 1. The summed E-state index contributed by atoms with van der Waals surface area (Å²) in [7, 11) is -7.33. The highest BCUT2D eigenvalue weighted by Gasteiger charge is 2.19. The number of hydrogen-bond acceptors (Lipinski definition) is 5. The molecule has 0 saturated carbocycles. The molecule has 0 spiro atoms. The van der Waals surface area contributed by atoms with E-state index in [0.717, 1.165) is 11.3 Å². The van der Waals surface area contributed by atoms with E-state index in [1.165, 1.54) is 0 Å². The lowest BCUT2D eigenvalue weighted by molar-refractivity contribution is 0.583. The highest BCUT2D eigenvalue weighted by atomic mass is 79.9. The zero-order chi connectivity index (χ0) is 12.4. The van der Waals surface area contributed by atoms with E-state index in [-0.39, 0.29) is 10.8 Å². The normalized spacial score (nSPS) is 12.9. The topological polar surface area (TPSA) is 106 Å². The third-order valence-electron chi connectivity index (χ3n) is 1.51. The second kappa shape index (κ2) is 5.10. The molecule has 10 heteroatoms. The van der Waals surface area contributed by atoms with Crippen LogP contribution in [0.3, 0.4) is 0 Å². The molecule has 0 saturated heterocycles. The molecule has 1 aromatic heterocycles. The van der Waals surface area contributed by atoms with Crippen molar-refractivity contribution in [2.75, 3.05) is 12.3 Å². The molecule has 16 heavy (non-hydrogen) atoms. The van der Waals surface area contributed by atoms with E-state index in [1.807, 2.05) is 0 Å². The Morgan fingerprint density at radius 2 is 2.00 bits per heavy atom. The molecule has 0 bridgehead atoms. The summed E-state index contributed by atoms with van der Waals surface area (Å²) in [6.07, 6.45) is 0. The van der Waals surface area contributed by atoms with E-state index in [1.54, 1.807) is 11.4 Å². The van der Waals surface area contributed by atoms with Gasteiger partial charge in [-0.05, 0) is 27.4 Å². The molecule has 1 rings (SSSR count). The summed E-state index contributed by atoms with van der Waals surface area (Å²) in [6.45, 7) is -0.245. The number of primary sulfonamides is 1. The van der Waals surface area contributed by atoms with E-state index in [2.05, 4.69) is 20.7 Å². The van der Waals surface area contributed by atoms with Crippen molar-refractivity contribution >= 4 is 47.3 Å². The van der Waals surface area contributed by atoms with Gasteiger partial charge in [-0.25, -0.2) is 26.7 Å². The number of nitrogens with one attached hydrogen (secondary N) is 1. The zero-order valence-electron chi connectivity index (χ0n) is 7.88. The standard InChI is InChI=1S/C6H9BrN2O4S3/c7-5-1-3-14-6(5)16(12,13)9-2-4-15(8,10)11/h1,3,9H,2,4H2,(H2,8,10,11). The lowest BCUT2D eigenvalue weighted by Crippen LogP contribution is -2.31. The fourth-order valence-electron chi connectivity index (χ4n) is 0.855. The average molecular weight is 349 g/mol. The molecule has 0 fully saturated rings. The third-order valence-corrected chi connectivity index (χ3v) is 6.41. The molecular formula is C6H9BrN2O4S3. The van der Waals surface area contributed by atoms with Crippen molar-refractivity contribution in [3.63, 3.8) is 0 Å². The van der Waals surface area contributed by atoms with Crippen LogP contribution in [0, 0.1) is 0 Å². The second-order valence-electron chi connectivity index (χ2n) is 2.82. The van der Waals surface area contributed by atoms with Crippen molar-refractivity contribution in [1.82, 2.24) is 4.72 Å². The Labute approximate surface area is 106 Å². The Morgan fingerprint density at radius 1 is 1.38 bits per heavy atom. The highest BCUT2D eigenvalue weighted by Crippen LogP contribution is 2.27. The van der Waals surface area contributed by atoms with Gasteiger partial charge in [0, 0.05) is 11.0 Å². The summed E-state index contributed by atoms with van der Waals surface area (Å²) in [5, 5.41) is 6.35. The second-order valence-corrected chi connectivity index (χ2v) is 8.29. The van der Waals surface area contributed by atoms with Crippen molar-refractivity contribution in [1.29, 1.82) is 0 Å². The van der Waals surface area contributed by atoms with Crippen LogP contribution in [0.5, 0.6) is 0 Å². The molecule has 6 nitrogen and oxygen atoms in total. The maximum atomic E-state index is 11.6. The first-order chi connectivity index (χ1) is 7.22. The van der Waals surface area contributed by atoms with E-state index < -0.39 is 25.8 Å². The molecule has 1 aromatic rings. The van der Waals surface area contributed by atoms with Gasteiger partial charge >= 0.3 is 0 Å². The predicted molar refractivity (Wildman–Crippen MR) is 65.2 cm³/mol. The lowest BCUT2D eigenvalue weighted by Gasteiger charge is -2.04. The summed E-state index contributed by atoms with van der Waals surface area (Å²) >= 11 is 4.12. The van der Waals surface area contributed by atoms with Gasteiger partial charge in [0.15, 0.2) is 0 Å². The fourth-order valence-corrected chi connectivity index (χ4v) is 4.78. The molecule has 92 valence electrons. The smallest absolute Gasteiger partial charge is 0.229 e. The SMILES string of the molecule is NS(=O)(=O)CCNS(=O)(=O)c1sccc1Br. The van der Waals surface area contributed by atoms with Crippen LogP contribution in [0.1, 0.15) is 0 Å². The Bertz CT molecular complexity index is 562. The summed E-state index contributed by atoms with van der Waals surface area (Å²) in [6, 6.07) is 1.60.